The van der Waals surface area contributed by atoms with Crippen LogP contribution in [-0.2, 0) is 5.41 Å². The van der Waals surface area contributed by atoms with Gasteiger partial charge in [0.05, 0.1) is 11.1 Å². The van der Waals surface area contributed by atoms with E-state index in [1.165, 1.54) is 33.4 Å². The molecule has 4 nitrogen and oxygen atoms in total. The summed E-state index contributed by atoms with van der Waals surface area (Å²) < 4.78 is 6.18. The van der Waals surface area contributed by atoms with Gasteiger partial charge >= 0.3 is 0 Å². The number of fused-ring (bicyclic) bond motifs is 6. The fourth-order valence-corrected chi connectivity index (χ4v) is 9.73. The van der Waals surface area contributed by atoms with Gasteiger partial charge in [-0.3, -0.25) is 4.90 Å². The molecule has 0 fully saturated rings. The van der Waals surface area contributed by atoms with Gasteiger partial charge in [-0.05, 0) is 87.0 Å². The van der Waals surface area contributed by atoms with Crippen molar-refractivity contribution in [3.05, 3.63) is 259 Å². The zero-order valence-corrected chi connectivity index (χ0v) is 34.3. The Labute approximate surface area is 366 Å². The molecule has 0 bridgehead atoms. The van der Waals surface area contributed by atoms with Gasteiger partial charge in [-0.25, -0.2) is 9.97 Å². The van der Waals surface area contributed by atoms with Crippen LogP contribution >= 0.6 is 0 Å². The van der Waals surface area contributed by atoms with Crippen molar-refractivity contribution in [1.82, 2.24) is 9.97 Å². The number of anilines is 3. The molecule has 0 spiro atoms. The molecule has 0 unspecified atom stereocenters. The number of hydrogen-bond acceptors (Lipinski definition) is 4. The lowest BCUT2D eigenvalue weighted by Gasteiger charge is -2.35. The molecule has 0 aliphatic heterocycles. The standard InChI is InChI=1S/C59H39N3O/c1-4-17-41(18-5-1)54-39-57(61-58(60-54)42-19-6-2-7-20-42)62(46-34-31-40(32-35-46)43-33-36-56-51(37-43)50-27-12-15-30-55(50)63-56)47-24-16-23-45(38-47)59(44-21-8-3-9-22-44)52-28-13-10-25-48(52)49-26-11-14-29-53(49)59/h1-39H. The van der Waals surface area contributed by atoms with Gasteiger partial charge in [-0.15, -0.1) is 0 Å². The molecule has 1 aliphatic rings. The highest BCUT2D eigenvalue weighted by Crippen LogP contribution is 2.56. The molecule has 1 aliphatic carbocycles. The van der Waals surface area contributed by atoms with Gasteiger partial charge in [0.1, 0.15) is 17.0 Å². The highest BCUT2D eigenvalue weighted by Gasteiger charge is 2.46. The summed E-state index contributed by atoms with van der Waals surface area (Å²) >= 11 is 0. The van der Waals surface area contributed by atoms with Gasteiger partial charge in [0.15, 0.2) is 5.82 Å². The van der Waals surface area contributed by atoms with E-state index in [1.54, 1.807) is 0 Å². The summed E-state index contributed by atoms with van der Waals surface area (Å²) in [4.78, 5) is 12.9. The van der Waals surface area contributed by atoms with Crippen LogP contribution in [0.2, 0.25) is 0 Å². The summed E-state index contributed by atoms with van der Waals surface area (Å²) in [6, 6.07) is 84.1. The molecule has 63 heavy (non-hydrogen) atoms. The largest absolute Gasteiger partial charge is 0.456 e. The number of rotatable bonds is 8. The van der Waals surface area contributed by atoms with E-state index in [4.69, 9.17) is 14.4 Å². The van der Waals surface area contributed by atoms with Crippen molar-refractivity contribution in [3.8, 4) is 44.9 Å². The molecule has 0 saturated heterocycles. The topological polar surface area (TPSA) is 42.2 Å². The van der Waals surface area contributed by atoms with Crippen LogP contribution in [0.3, 0.4) is 0 Å². The van der Waals surface area contributed by atoms with Gasteiger partial charge < -0.3 is 4.42 Å². The lowest BCUT2D eigenvalue weighted by atomic mass is 9.67. The van der Waals surface area contributed by atoms with E-state index in [0.717, 1.165) is 67.1 Å². The Morgan fingerprint density at radius 2 is 0.952 bits per heavy atom. The van der Waals surface area contributed by atoms with E-state index in [0.29, 0.717) is 5.82 Å². The third-order valence-electron chi connectivity index (χ3n) is 12.6. The second-order valence-electron chi connectivity index (χ2n) is 16.1. The zero-order chi connectivity index (χ0) is 41.7. The maximum Gasteiger partial charge on any atom is 0.162 e. The number of furan rings is 1. The maximum atomic E-state index is 6.18. The van der Waals surface area contributed by atoms with Crippen molar-refractivity contribution < 1.29 is 4.42 Å². The maximum absolute atomic E-state index is 6.18. The first-order valence-corrected chi connectivity index (χ1v) is 21.4. The minimum atomic E-state index is -0.564. The molecule has 2 heterocycles. The zero-order valence-electron chi connectivity index (χ0n) is 34.3. The van der Waals surface area contributed by atoms with E-state index in [9.17, 15) is 0 Å². The first-order valence-electron chi connectivity index (χ1n) is 21.4. The van der Waals surface area contributed by atoms with Crippen LogP contribution in [0.1, 0.15) is 22.3 Å². The lowest BCUT2D eigenvalue weighted by Crippen LogP contribution is -2.28. The SMILES string of the molecule is c1ccc(-c2cc(N(c3ccc(-c4ccc5oc6ccccc6c5c4)cc3)c3cccc(C4(c5ccccc5)c5ccccc5-c5ccccc54)c3)nc(-c3ccccc3)n2)cc1. The molecule has 0 radical (unpaired) electrons. The minimum Gasteiger partial charge on any atom is -0.456 e. The lowest BCUT2D eigenvalue weighted by molar-refractivity contribution is 0.669. The second kappa shape index (κ2) is 15.0. The van der Waals surface area contributed by atoms with E-state index in [1.807, 2.05) is 36.4 Å². The third kappa shape index (κ3) is 6.07. The summed E-state index contributed by atoms with van der Waals surface area (Å²) in [5.41, 5.74) is 15.7. The predicted octanol–water partition coefficient (Wildman–Crippen LogP) is 15.2. The van der Waals surface area contributed by atoms with Gasteiger partial charge in [0.25, 0.3) is 0 Å². The van der Waals surface area contributed by atoms with Crippen molar-refractivity contribution in [1.29, 1.82) is 0 Å². The van der Waals surface area contributed by atoms with Gasteiger partial charge in [-0.2, -0.15) is 0 Å². The molecule has 0 N–H and O–H groups in total. The number of nitrogens with zero attached hydrogens (tertiary/aromatic N) is 3. The summed E-state index contributed by atoms with van der Waals surface area (Å²) in [6.07, 6.45) is 0. The summed E-state index contributed by atoms with van der Waals surface area (Å²) in [7, 11) is 0. The van der Waals surface area contributed by atoms with Crippen molar-refractivity contribution in [2.24, 2.45) is 0 Å². The Morgan fingerprint density at radius 3 is 1.68 bits per heavy atom. The minimum absolute atomic E-state index is 0.564. The van der Waals surface area contributed by atoms with Gasteiger partial charge in [0.2, 0.25) is 0 Å². The summed E-state index contributed by atoms with van der Waals surface area (Å²) in [6.45, 7) is 0. The first-order chi connectivity index (χ1) is 31.2. The van der Waals surface area contributed by atoms with Gasteiger partial charge in [-0.1, -0.05) is 188 Å². The molecule has 296 valence electrons. The average Bonchev–Trinajstić information content (AvgIpc) is 3.89. The van der Waals surface area contributed by atoms with Crippen LogP contribution in [0.4, 0.5) is 17.2 Å². The summed E-state index contributed by atoms with van der Waals surface area (Å²) in [5, 5.41) is 2.22. The Balaban J connectivity index is 1.07. The van der Waals surface area contributed by atoms with Gasteiger partial charge in [0, 0.05) is 39.3 Å². The predicted molar refractivity (Wildman–Crippen MR) is 258 cm³/mol. The second-order valence-corrected chi connectivity index (χ2v) is 16.1. The van der Waals surface area contributed by atoms with Crippen molar-refractivity contribution in [3.63, 3.8) is 0 Å². The molecular formula is C59H39N3O. The molecule has 0 saturated carbocycles. The molecule has 4 heteroatoms. The van der Waals surface area contributed by atoms with E-state index < -0.39 is 5.41 Å². The van der Waals surface area contributed by atoms with E-state index >= 15 is 0 Å². The van der Waals surface area contributed by atoms with Crippen LogP contribution in [0, 0.1) is 0 Å². The highest BCUT2D eigenvalue weighted by molar-refractivity contribution is 6.06. The monoisotopic (exact) mass is 805 g/mol. The fraction of sp³-hybridized carbons (Fsp3) is 0.0169. The Morgan fingerprint density at radius 1 is 0.365 bits per heavy atom. The normalized spacial score (nSPS) is 12.6. The van der Waals surface area contributed by atoms with Crippen LogP contribution < -0.4 is 4.90 Å². The third-order valence-corrected chi connectivity index (χ3v) is 12.6. The smallest absolute Gasteiger partial charge is 0.162 e. The Bertz CT molecular complexity index is 3350. The molecule has 9 aromatic carbocycles. The fourth-order valence-electron chi connectivity index (χ4n) is 9.73. The number of aromatic nitrogens is 2. The highest BCUT2D eigenvalue weighted by atomic mass is 16.3. The number of benzene rings is 9. The summed E-state index contributed by atoms with van der Waals surface area (Å²) in [5.74, 6) is 1.42. The molecule has 11 aromatic rings. The van der Waals surface area contributed by atoms with Crippen molar-refractivity contribution in [2.75, 3.05) is 4.90 Å². The van der Waals surface area contributed by atoms with Crippen LogP contribution in [0.15, 0.2) is 241 Å². The van der Waals surface area contributed by atoms with Crippen molar-refractivity contribution >= 4 is 39.1 Å². The molecule has 0 atom stereocenters. The van der Waals surface area contributed by atoms with Crippen LogP contribution in [-0.4, -0.2) is 9.97 Å². The average molecular weight is 806 g/mol. The van der Waals surface area contributed by atoms with Crippen molar-refractivity contribution in [2.45, 2.75) is 5.41 Å². The van der Waals surface area contributed by atoms with Crippen LogP contribution in [0.5, 0.6) is 0 Å². The van der Waals surface area contributed by atoms with E-state index in [2.05, 4.69) is 205 Å². The Hall–Kier alpha value is -8.34. The van der Waals surface area contributed by atoms with Crippen LogP contribution in [0.25, 0.3) is 66.8 Å². The number of para-hydroxylation sites is 1. The molecular weight excluding hydrogens is 767 g/mol. The molecule has 2 aromatic heterocycles. The quantitative estimate of drug-likeness (QED) is 0.153. The molecule has 12 rings (SSSR count). The van der Waals surface area contributed by atoms with E-state index in [-0.39, 0.29) is 0 Å². The molecule has 0 amide bonds. The number of hydrogen-bond donors (Lipinski definition) is 0. The first kappa shape index (κ1) is 36.5. The Kier molecular flexibility index (Phi) is 8.68.